The Hall–Kier alpha value is -4.41. The predicted molar refractivity (Wildman–Crippen MR) is 197 cm³/mol. The molecule has 1 aliphatic carbocycles. The minimum atomic E-state index is -4.31. The number of rotatable bonds is 15. The zero-order valence-corrected chi connectivity index (χ0v) is 33.2. The van der Waals surface area contributed by atoms with Gasteiger partial charge in [-0.2, -0.15) is 0 Å². The van der Waals surface area contributed by atoms with Gasteiger partial charge in [0.2, 0.25) is 27.6 Å². The van der Waals surface area contributed by atoms with E-state index in [9.17, 15) is 54.7 Å². The number of sulfone groups is 1. The highest BCUT2D eigenvalue weighted by atomic mass is 32.2. The summed E-state index contributed by atoms with van der Waals surface area (Å²) in [6.45, 7) is 1.71. The lowest BCUT2D eigenvalue weighted by Gasteiger charge is -2.37. The molecule has 1 aromatic carbocycles. The van der Waals surface area contributed by atoms with Crippen molar-refractivity contribution in [3.8, 4) is 0 Å². The van der Waals surface area contributed by atoms with Gasteiger partial charge in [0.25, 0.3) is 18.2 Å². The summed E-state index contributed by atoms with van der Waals surface area (Å²) in [5.74, 6) is -5.91. The number of nitrogens with two attached hydrogens (primary N) is 1. The van der Waals surface area contributed by atoms with Crippen molar-refractivity contribution in [2.24, 2.45) is 11.7 Å². The molecular weight excluding hydrogens is 795 g/mol. The summed E-state index contributed by atoms with van der Waals surface area (Å²) >= 11 is 0. The first-order valence-corrected chi connectivity index (χ1v) is 21.9. The molecule has 314 valence electrons. The van der Waals surface area contributed by atoms with Crippen LogP contribution in [-0.4, -0.2) is 120 Å². The SMILES string of the molecule is CC(C)(O)c1cnnn1[C@H]1C[C@@H](C(=O)NC2(C(=O)C(N)=O)CCS(=O)(=O)CC2)N(C(=O)[C@@H](CC2CCCCC2)NC(=O)c2ccc(S(=O)(=O)NCC(F)F)cc2)C1. The zero-order chi connectivity index (χ0) is 41.9. The van der Waals surface area contributed by atoms with E-state index in [1.807, 2.05) is 0 Å². The second kappa shape index (κ2) is 17.2. The fourth-order valence-electron chi connectivity index (χ4n) is 7.75. The minimum Gasteiger partial charge on any atom is -0.384 e. The molecule has 6 N–H and O–H groups in total. The summed E-state index contributed by atoms with van der Waals surface area (Å²) in [4.78, 5) is 69.0. The first-order chi connectivity index (χ1) is 26.6. The van der Waals surface area contributed by atoms with Crippen LogP contribution in [0.4, 0.5) is 8.78 Å². The van der Waals surface area contributed by atoms with Crippen molar-refractivity contribution in [1.29, 1.82) is 0 Å². The Morgan fingerprint density at radius 3 is 2.26 bits per heavy atom. The molecule has 5 rings (SSSR count). The largest absolute Gasteiger partial charge is 0.384 e. The van der Waals surface area contributed by atoms with Gasteiger partial charge in [0, 0.05) is 18.5 Å². The van der Waals surface area contributed by atoms with Crippen molar-refractivity contribution < 1.29 is 54.7 Å². The number of benzene rings is 1. The number of nitrogens with one attached hydrogen (secondary N) is 3. The number of nitrogens with zero attached hydrogens (tertiary/aromatic N) is 4. The van der Waals surface area contributed by atoms with E-state index >= 15 is 0 Å². The summed E-state index contributed by atoms with van der Waals surface area (Å²) in [5.41, 5.74) is 2.16. The molecule has 0 radical (unpaired) electrons. The van der Waals surface area contributed by atoms with Crippen molar-refractivity contribution in [3.63, 3.8) is 0 Å². The Bertz CT molecular complexity index is 2050. The Morgan fingerprint density at radius 1 is 1.05 bits per heavy atom. The van der Waals surface area contributed by atoms with E-state index < -0.39 is 116 Å². The summed E-state index contributed by atoms with van der Waals surface area (Å²) in [7, 11) is -7.90. The zero-order valence-electron chi connectivity index (χ0n) is 31.5. The van der Waals surface area contributed by atoms with Gasteiger partial charge in [-0.25, -0.2) is 35.0 Å². The van der Waals surface area contributed by atoms with Gasteiger partial charge in [-0.05, 0) is 63.3 Å². The Labute approximate surface area is 328 Å². The molecule has 3 atom stereocenters. The van der Waals surface area contributed by atoms with Gasteiger partial charge in [0.05, 0.1) is 40.9 Å². The van der Waals surface area contributed by atoms with Crippen molar-refractivity contribution >= 4 is 49.3 Å². The van der Waals surface area contributed by atoms with Crippen molar-refractivity contribution in [2.45, 2.75) is 112 Å². The number of aliphatic hydroxyl groups is 1. The number of alkyl halides is 2. The van der Waals surface area contributed by atoms with Crippen LogP contribution in [0.1, 0.15) is 93.7 Å². The maximum absolute atomic E-state index is 14.8. The van der Waals surface area contributed by atoms with E-state index in [4.69, 9.17) is 5.73 Å². The Kier molecular flexibility index (Phi) is 13.2. The van der Waals surface area contributed by atoms with Gasteiger partial charge in [-0.3, -0.25) is 24.0 Å². The standard InChI is InChI=1S/C35H48F2N8O10S2/c1-34(2,51)27-18-39-43-45(27)23-17-26(32(49)42-35(29(46)30(38)47)12-14-56(52,53)15-13-35)44(20-23)33(50)25(16-21-6-4-3-5-7-21)41-31(48)22-8-10-24(11-9-22)57(54,55)40-19-28(36)37/h8-11,18,21,23,25-26,28,40,51H,3-7,12-17,19-20H2,1-2H3,(H2,38,47)(H,41,48)(H,42,49)/t23-,25+,26-/m0/s1. The number of carbonyl (C=O) groups is 5. The van der Waals surface area contributed by atoms with E-state index in [-0.39, 0.29) is 41.5 Å². The van der Waals surface area contributed by atoms with E-state index in [0.717, 1.165) is 44.2 Å². The number of sulfonamides is 1. The maximum atomic E-state index is 14.8. The molecule has 2 aromatic rings. The number of amides is 4. The molecule has 22 heteroatoms. The average molecular weight is 843 g/mol. The maximum Gasteiger partial charge on any atom is 0.287 e. The first kappa shape index (κ1) is 43.7. The number of carbonyl (C=O) groups excluding carboxylic acids is 5. The highest BCUT2D eigenvalue weighted by Gasteiger charge is 2.51. The van der Waals surface area contributed by atoms with Crippen LogP contribution in [0.25, 0.3) is 0 Å². The van der Waals surface area contributed by atoms with Gasteiger partial charge in [-0.15, -0.1) is 5.10 Å². The third-order valence-electron chi connectivity index (χ3n) is 10.9. The van der Waals surface area contributed by atoms with E-state index in [0.29, 0.717) is 0 Å². The van der Waals surface area contributed by atoms with Gasteiger partial charge in [0.1, 0.15) is 23.2 Å². The van der Waals surface area contributed by atoms with Crippen LogP contribution >= 0.6 is 0 Å². The molecule has 57 heavy (non-hydrogen) atoms. The second-order valence-electron chi connectivity index (χ2n) is 15.5. The van der Waals surface area contributed by atoms with Crippen molar-refractivity contribution in [1.82, 2.24) is 35.2 Å². The molecule has 18 nitrogen and oxygen atoms in total. The lowest BCUT2D eigenvalue weighted by Crippen LogP contribution is -2.64. The summed E-state index contributed by atoms with van der Waals surface area (Å²) in [5, 5.41) is 24.2. The van der Waals surface area contributed by atoms with Gasteiger partial charge < -0.3 is 26.4 Å². The average Bonchev–Trinajstić information content (AvgIpc) is 3.83. The van der Waals surface area contributed by atoms with E-state index in [1.54, 1.807) is 4.72 Å². The smallest absolute Gasteiger partial charge is 0.287 e. The van der Waals surface area contributed by atoms with Crippen LogP contribution in [0.15, 0.2) is 35.4 Å². The molecule has 2 aliphatic heterocycles. The topological polar surface area (TPSA) is 270 Å². The number of Topliss-reactive ketones (excluding diaryl/α,β-unsaturated/α-hetero) is 1. The lowest BCUT2D eigenvalue weighted by atomic mass is 9.84. The molecule has 0 bridgehead atoms. The molecule has 3 aliphatic rings. The molecule has 1 saturated carbocycles. The second-order valence-corrected chi connectivity index (χ2v) is 19.5. The van der Waals surface area contributed by atoms with Crippen LogP contribution in [0.3, 0.4) is 0 Å². The highest BCUT2D eigenvalue weighted by Crippen LogP contribution is 2.35. The number of hydrogen-bond donors (Lipinski definition) is 5. The van der Waals surface area contributed by atoms with Crippen LogP contribution in [0, 0.1) is 5.92 Å². The van der Waals surface area contributed by atoms with Crippen LogP contribution in [0.2, 0.25) is 0 Å². The number of likely N-dealkylation sites (tertiary alicyclic amines) is 1. The van der Waals surface area contributed by atoms with Crippen molar-refractivity contribution in [3.05, 3.63) is 41.7 Å². The molecule has 0 spiro atoms. The molecule has 0 unspecified atom stereocenters. The third kappa shape index (κ3) is 10.4. The number of hydrogen-bond acceptors (Lipinski definition) is 12. The van der Waals surface area contributed by atoms with Gasteiger partial charge >= 0.3 is 0 Å². The van der Waals surface area contributed by atoms with Crippen LogP contribution in [-0.2, 0) is 44.6 Å². The summed E-state index contributed by atoms with van der Waals surface area (Å²) < 4.78 is 78.0. The predicted octanol–water partition coefficient (Wildman–Crippen LogP) is 0.0779. The molecule has 1 aromatic heterocycles. The van der Waals surface area contributed by atoms with Gasteiger partial charge in [0.15, 0.2) is 9.84 Å². The van der Waals surface area contributed by atoms with E-state index in [1.165, 1.54) is 41.8 Å². The van der Waals surface area contributed by atoms with E-state index in [2.05, 4.69) is 20.9 Å². The minimum absolute atomic E-state index is 0.00450. The first-order valence-electron chi connectivity index (χ1n) is 18.6. The monoisotopic (exact) mass is 842 g/mol. The molecule has 3 heterocycles. The van der Waals surface area contributed by atoms with Gasteiger partial charge in [-0.1, -0.05) is 37.3 Å². The summed E-state index contributed by atoms with van der Waals surface area (Å²) in [6, 6.07) is 1.11. The Morgan fingerprint density at radius 2 is 1.68 bits per heavy atom. The number of primary amides is 1. The molecule has 4 amide bonds. The third-order valence-corrected chi connectivity index (χ3v) is 14.0. The number of ketones is 1. The van der Waals surface area contributed by atoms with Crippen molar-refractivity contribution in [2.75, 3.05) is 24.6 Å². The number of halogens is 2. The normalized spacial score (nSPS) is 21.8. The number of aromatic nitrogens is 3. The van der Waals surface area contributed by atoms with Crippen LogP contribution in [0.5, 0.6) is 0 Å². The Balaban J connectivity index is 1.47. The fourth-order valence-corrected chi connectivity index (χ4v) is 10.3. The van der Waals surface area contributed by atoms with Crippen LogP contribution < -0.4 is 21.1 Å². The molecule has 2 saturated heterocycles. The summed E-state index contributed by atoms with van der Waals surface area (Å²) in [6.07, 6.45) is 1.90. The highest BCUT2D eigenvalue weighted by molar-refractivity contribution is 7.91. The molecule has 3 fully saturated rings. The molecular formula is C35H48F2N8O10S2. The lowest BCUT2D eigenvalue weighted by molar-refractivity contribution is -0.145. The quantitative estimate of drug-likeness (QED) is 0.149. The fraction of sp³-hybridized carbons (Fsp3) is 0.629.